The highest BCUT2D eigenvalue weighted by molar-refractivity contribution is 4.84. The van der Waals surface area contributed by atoms with E-state index < -0.39 is 0 Å². The highest BCUT2D eigenvalue weighted by atomic mass is 16.5. The maximum absolute atomic E-state index is 6.01. The number of ether oxygens (including phenoxy) is 1. The minimum absolute atomic E-state index is 0.390. The molecule has 1 aliphatic rings. The molecule has 20 heavy (non-hydrogen) atoms. The van der Waals surface area contributed by atoms with Crippen LogP contribution in [0, 0.1) is 5.92 Å². The molecular weight excluding hydrogens is 248 g/mol. The Hall–Kier alpha value is -0.120. The molecule has 1 fully saturated rings. The van der Waals surface area contributed by atoms with E-state index >= 15 is 0 Å². The molecular formula is C17H38N2O. The number of nitrogens with zero attached hydrogens (tertiary/aromatic N) is 2. The van der Waals surface area contributed by atoms with Gasteiger partial charge in [0.2, 0.25) is 0 Å². The Balaban J connectivity index is 0.00000172. The van der Waals surface area contributed by atoms with E-state index in [0.29, 0.717) is 12.1 Å². The predicted octanol–water partition coefficient (Wildman–Crippen LogP) is 3.49. The Bertz CT molecular complexity index is 221. The largest absolute Gasteiger partial charge is 0.374 e. The van der Waals surface area contributed by atoms with Crippen molar-refractivity contribution in [1.82, 2.24) is 9.80 Å². The van der Waals surface area contributed by atoms with Gasteiger partial charge < -0.3 is 9.64 Å². The van der Waals surface area contributed by atoms with E-state index in [9.17, 15) is 0 Å². The Kier molecular flexibility index (Phi) is 11.5. The van der Waals surface area contributed by atoms with Gasteiger partial charge in [-0.15, -0.1) is 0 Å². The minimum atomic E-state index is 0.390. The average Bonchev–Trinajstić information content (AvgIpc) is 2.43. The Morgan fingerprint density at radius 2 is 1.95 bits per heavy atom. The van der Waals surface area contributed by atoms with Crippen molar-refractivity contribution >= 4 is 0 Å². The summed E-state index contributed by atoms with van der Waals surface area (Å²) in [7, 11) is 4.44. The van der Waals surface area contributed by atoms with Gasteiger partial charge in [0.25, 0.3) is 0 Å². The molecule has 1 heterocycles. The van der Waals surface area contributed by atoms with Gasteiger partial charge in [-0.1, -0.05) is 47.5 Å². The number of hydrogen-bond donors (Lipinski definition) is 0. The van der Waals surface area contributed by atoms with Crippen molar-refractivity contribution in [3.8, 4) is 0 Å². The topological polar surface area (TPSA) is 15.7 Å². The molecule has 0 bridgehead atoms. The summed E-state index contributed by atoms with van der Waals surface area (Å²) in [5.41, 5.74) is 0. The maximum Gasteiger partial charge on any atom is 0.0857 e. The number of hydrogen-bond acceptors (Lipinski definition) is 3. The molecule has 0 saturated carbocycles. The molecule has 2 unspecified atom stereocenters. The third kappa shape index (κ3) is 7.61. The molecule has 0 radical (unpaired) electrons. The van der Waals surface area contributed by atoms with Crippen molar-refractivity contribution in [2.45, 2.75) is 66.0 Å². The van der Waals surface area contributed by atoms with Crippen LogP contribution in [0.15, 0.2) is 0 Å². The minimum Gasteiger partial charge on any atom is -0.374 e. The van der Waals surface area contributed by atoms with Crippen LogP contribution in [0.4, 0.5) is 0 Å². The first-order valence-electron chi connectivity index (χ1n) is 8.55. The van der Waals surface area contributed by atoms with E-state index in [-0.39, 0.29) is 0 Å². The molecule has 0 aliphatic carbocycles. The Morgan fingerprint density at radius 3 is 2.50 bits per heavy atom. The van der Waals surface area contributed by atoms with Crippen LogP contribution >= 0.6 is 0 Å². The fourth-order valence-corrected chi connectivity index (χ4v) is 2.66. The number of morpholine rings is 1. The van der Waals surface area contributed by atoms with Crippen molar-refractivity contribution in [3.05, 3.63) is 0 Å². The molecule has 0 aromatic heterocycles. The molecule has 1 aliphatic heterocycles. The normalized spacial score (nSPS) is 23.9. The van der Waals surface area contributed by atoms with Crippen molar-refractivity contribution in [2.24, 2.45) is 5.92 Å². The summed E-state index contributed by atoms with van der Waals surface area (Å²) in [6.45, 7) is 15.0. The van der Waals surface area contributed by atoms with Crippen LogP contribution in [0.3, 0.4) is 0 Å². The zero-order chi connectivity index (χ0) is 15.5. The fourth-order valence-electron chi connectivity index (χ4n) is 2.66. The van der Waals surface area contributed by atoms with Gasteiger partial charge in [0.15, 0.2) is 0 Å². The molecule has 3 nitrogen and oxygen atoms in total. The van der Waals surface area contributed by atoms with Crippen LogP contribution in [0.5, 0.6) is 0 Å². The smallest absolute Gasteiger partial charge is 0.0857 e. The van der Waals surface area contributed by atoms with Crippen LogP contribution in [0.25, 0.3) is 0 Å². The summed E-state index contributed by atoms with van der Waals surface area (Å²) < 4.78 is 6.01. The lowest BCUT2D eigenvalue weighted by atomic mass is 9.97. The van der Waals surface area contributed by atoms with Gasteiger partial charge in [-0.05, 0) is 33.0 Å². The van der Waals surface area contributed by atoms with Crippen LogP contribution in [-0.4, -0.2) is 62.3 Å². The monoisotopic (exact) mass is 286 g/mol. The molecule has 2 atom stereocenters. The number of rotatable bonds is 7. The highest BCUT2D eigenvalue weighted by Gasteiger charge is 2.30. The van der Waals surface area contributed by atoms with Crippen molar-refractivity contribution in [3.63, 3.8) is 0 Å². The van der Waals surface area contributed by atoms with E-state index in [1.54, 1.807) is 0 Å². The summed E-state index contributed by atoms with van der Waals surface area (Å²) in [5, 5.41) is 0. The summed E-state index contributed by atoms with van der Waals surface area (Å²) in [5.74, 6) is 0.816. The van der Waals surface area contributed by atoms with E-state index in [1.807, 2.05) is 13.8 Å². The average molecular weight is 287 g/mol. The molecule has 1 rings (SSSR count). The lowest BCUT2D eigenvalue weighted by Gasteiger charge is -2.40. The molecule has 122 valence electrons. The van der Waals surface area contributed by atoms with Gasteiger partial charge in [0, 0.05) is 19.1 Å². The van der Waals surface area contributed by atoms with Gasteiger partial charge in [-0.3, -0.25) is 4.90 Å². The summed E-state index contributed by atoms with van der Waals surface area (Å²) in [6, 6.07) is 0.603. The number of likely N-dealkylation sites (N-methyl/N-ethyl adjacent to an activating group) is 2. The standard InChI is InChI=1S/C15H32N2O.C2H6/c1-6-16(4)12-15-14(9-7-8-13(2)3)17(5)10-11-18-15;1-2/h13-15H,6-12H2,1-5H3;1-2H3. The Morgan fingerprint density at radius 1 is 1.30 bits per heavy atom. The van der Waals surface area contributed by atoms with Crippen molar-refractivity contribution in [2.75, 3.05) is 40.3 Å². The predicted molar refractivity (Wildman–Crippen MR) is 89.4 cm³/mol. The van der Waals surface area contributed by atoms with Crippen molar-refractivity contribution < 1.29 is 4.74 Å². The molecule has 0 aromatic rings. The van der Waals surface area contributed by atoms with Crippen LogP contribution in [0.2, 0.25) is 0 Å². The summed E-state index contributed by atoms with van der Waals surface area (Å²) in [6.07, 6.45) is 4.32. The van der Waals surface area contributed by atoms with E-state index in [4.69, 9.17) is 4.74 Å². The molecule has 3 heteroatoms. The zero-order valence-corrected chi connectivity index (χ0v) is 15.0. The zero-order valence-electron chi connectivity index (χ0n) is 15.0. The van der Waals surface area contributed by atoms with E-state index in [1.165, 1.54) is 19.3 Å². The summed E-state index contributed by atoms with van der Waals surface area (Å²) >= 11 is 0. The van der Waals surface area contributed by atoms with Crippen molar-refractivity contribution in [1.29, 1.82) is 0 Å². The first-order valence-corrected chi connectivity index (χ1v) is 8.55. The van der Waals surface area contributed by atoms with E-state index in [0.717, 1.165) is 32.2 Å². The lowest BCUT2D eigenvalue weighted by Crippen LogP contribution is -2.53. The third-order valence-electron chi connectivity index (χ3n) is 4.08. The van der Waals surface area contributed by atoms with Gasteiger partial charge in [0.1, 0.15) is 0 Å². The lowest BCUT2D eigenvalue weighted by molar-refractivity contribution is -0.0744. The van der Waals surface area contributed by atoms with Gasteiger partial charge in [-0.25, -0.2) is 0 Å². The first kappa shape index (κ1) is 19.9. The van der Waals surface area contributed by atoms with E-state index in [2.05, 4.69) is 44.7 Å². The molecule has 0 amide bonds. The highest BCUT2D eigenvalue weighted by Crippen LogP contribution is 2.20. The fraction of sp³-hybridized carbons (Fsp3) is 1.00. The van der Waals surface area contributed by atoms with Crippen LogP contribution in [-0.2, 0) is 4.74 Å². The van der Waals surface area contributed by atoms with Crippen LogP contribution in [0.1, 0.15) is 53.9 Å². The van der Waals surface area contributed by atoms with Gasteiger partial charge >= 0.3 is 0 Å². The molecule has 1 saturated heterocycles. The van der Waals surface area contributed by atoms with Gasteiger partial charge in [0.05, 0.1) is 12.7 Å². The molecule has 0 N–H and O–H groups in total. The quantitative estimate of drug-likeness (QED) is 0.712. The second kappa shape index (κ2) is 11.5. The first-order chi connectivity index (χ1) is 9.54. The summed E-state index contributed by atoms with van der Waals surface area (Å²) in [4.78, 5) is 4.86. The van der Waals surface area contributed by atoms with Gasteiger partial charge in [-0.2, -0.15) is 0 Å². The SMILES string of the molecule is CC.CCN(C)CC1OCCN(C)C1CCCC(C)C. The molecule has 0 spiro atoms. The third-order valence-corrected chi connectivity index (χ3v) is 4.08. The second-order valence-electron chi connectivity index (χ2n) is 6.14. The molecule has 0 aromatic carbocycles. The Labute approximate surface area is 127 Å². The second-order valence-corrected chi connectivity index (χ2v) is 6.14. The van der Waals surface area contributed by atoms with Crippen LogP contribution < -0.4 is 0 Å². The maximum atomic E-state index is 6.01.